The van der Waals surface area contributed by atoms with Gasteiger partial charge in [0.05, 0.1) is 5.75 Å². The van der Waals surface area contributed by atoms with E-state index in [0.29, 0.717) is 5.57 Å². The Morgan fingerprint density at radius 2 is 2.10 bits per heavy atom. The van der Waals surface area contributed by atoms with Gasteiger partial charge >= 0.3 is 0 Å². The molecule has 1 N–H and O–H groups in total. The molecule has 60 valence electrons. The van der Waals surface area contributed by atoms with Gasteiger partial charge in [-0.3, -0.25) is 0 Å². The van der Waals surface area contributed by atoms with E-state index in [1.807, 2.05) is 0 Å². The van der Waals surface area contributed by atoms with Crippen molar-refractivity contribution in [3.63, 3.8) is 0 Å². The Kier molecular flexibility index (Phi) is 3.05. The Morgan fingerprint density at radius 3 is 2.20 bits per heavy atom. The molecule has 1 unspecified atom stereocenters. The normalized spacial score (nSPS) is 14.7. The van der Waals surface area contributed by atoms with Crippen molar-refractivity contribution in [2.24, 2.45) is 0 Å². The van der Waals surface area contributed by atoms with E-state index in [1.165, 1.54) is 6.92 Å². The molecule has 3 nitrogen and oxygen atoms in total. The number of aliphatic hydroxyl groups is 1. The van der Waals surface area contributed by atoms with Crippen LogP contribution in [0.5, 0.6) is 0 Å². The van der Waals surface area contributed by atoms with Gasteiger partial charge in [0.1, 0.15) is 0 Å². The summed E-state index contributed by atoms with van der Waals surface area (Å²) in [5, 5.41) is 8.70. The fraction of sp³-hybridized carbons (Fsp3) is 0.667. The second-order valence-corrected chi connectivity index (χ2v) is 4.66. The molecule has 10 heavy (non-hydrogen) atoms. The number of hydrogen-bond donors (Lipinski definition) is 1. The second kappa shape index (κ2) is 3.16. The maximum atomic E-state index is 10.8. The summed E-state index contributed by atoms with van der Waals surface area (Å²) in [6.45, 7) is 6.28. The standard InChI is InChI=1S/C6H12O3S/c1-5(2)4-10(8,9)6(3)7/h6-7H,1,4H2,2-3H3. The zero-order valence-corrected chi connectivity index (χ0v) is 6.98. The third kappa shape index (κ3) is 2.98. The largest absolute Gasteiger partial charge is 0.377 e. The summed E-state index contributed by atoms with van der Waals surface area (Å²) < 4.78 is 21.7. The molecule has 0 aromatic carbocycles. The van der Waals surface area contributed by atoms with Gasteiger partial charge < -0.3 is 5.11 Å². The van der Waals surface area contributed by atoms with Crippen molar-refractivity contribution in [1.29, 1.82) is 0 Å². The molecule has 0 bridgehead atoms. The first kappa shape index (κ1) is 9.65. The van der Waals surface area contributed by atoms with Crippen LogP contribution < -0.4 is 0 Å². The minimum Gasteiger partial charge on any atom is -0.377 e. The molecule has 0 rings (SSSR count). The van der Waals surface area contributed by atoms with E-state index >= 15 is 0 Å². The molecular formula is C6H12O3S. The van der Waals surface area contributed by atoms with Crippen molar-refractivity contribution < 1.29 is 13.5 Å². The smallest absolute Gasteiger partial charge is 0.180 e. The minimum atomic E-state index is -3.34. The molecule has 0 heterocycles. The van der Waals surface area contributed by atoms with Crippen molar-refractivity contribution >= 4 is 9.84 Å². The fourth-order valence-electron chi connectivity index (χ4n) is 0.464. The van der Waals surface area contributed by atoms with Gasteiger partial charge in [-0.1, -0.05) is 12.2 Å². The third-order valence-corrected chi connectivity index (χ3v) is 2.90. The number of rotatable bonds is 3. The first-order valence-corrected chi connectivity index (χ1v) is 4.62. The van der Waals surface area contributed by atoms with Crippen LogP contribution >= 0.6 is 0 Å². The summed E-state index contributed by atoms with van der Waals surface area (Å²) in [7, 11) is -3.34. The van der Waals surface area contributed by atoms with Crippen LogP contribution in [0, 0.1) is 0 Å². The zero-order chi connectivity index (χ0) is 8.36. The SMILES string of the molecule is C=C(C)CS(=O)(=O)C(C)O. The average Bonchev–Trinajstić information content (AvgIpc) is 1.60. The topological polar surface area (TPSA) is 54.4 Å². The van der Waals surface area contributed by atoms with Gasteiger partial charge in [-0.2, -0.15) is 0 Å². The number of aliphatic hydroxyl groups excluding tert-OH is 1. The number of sulfone groups is 1. The highest BCUT2D eigenvalue weighted by Crippen LogP contribution is 2.02. The molecule has 0 fully saturated rings. The lowest BCUT2D eigenvalue weighted by atomic mass is 10.4. The molecular weight excluding hydrogens is 152 g/mol. The monoisotopic (exact) mass is 164 g/mol. The van der Waals surface area contributed by atoms with Crippen molar-refractivity contribution in [3.05, 3.63) is 12.2 Å². The summed E-state index contributed by atoms with van der Waals surface area (Å²) in [5.74, 6) is -0.134. The lowest BCUT2D eigenvalue weighted by molar-refractivity contribution is 0.269. The van der Waals surface area contributed by atoms with E-state index < -0.39 is 15.3 Å². The first-order valence-electron chi connectivity index (χ1n) is 2.90. The van der Waals surface area contributed by atoms with Crippen molar-refractivity contribution in [2.75, 3.05) is 5.75 Å². The highest BCUT2D eigenvalue weighted by Gasteiger charge is 2.16. The number of hydrogen-bond acceptors (Lipinski definition) is 3. The van der Waals surface area contributed by atoms with Crippen LogP contribution in [0.4, 0.5) is 0 Å². The molecule has 0 aliphatic carbocycles. The molecule has 0 saturated carbocycles. The highest BCUT2D eigenvalue weighted by molar-refractivity contribution is 7.91. The maximum absolute atomic E-state index is 10.8. The summed E-state index contributed by atoms with van der Waals surface area (Å²) in [6, 6.07) is 0. The van der Waals surface area contributed by atoms with Crippen LogP contribution in [0.2, 0.25) is 0 Å². The van der Waals surface area contributed by atoms with Crippen LogP contribution in [0.15, 0.2) is 12.2 Å². The third-order valence-electron chi connectivity index (χ3n) is 0.967. The van der Waals surface area contributed by atoms with Crippen molar-refractivity contribution in [2.45, 2.75) is 19.3 Å². The molecule has 0 aliphatic rings. The van der Waals surface area contributed by atoms with Gasteiger partial charge in [-0.05, 0) is 13.8 Å². The van der Waals surface area contributed by atoms with Gasteiger partial charge in [0.2, 0.25) is 0 Å². The average molecular weight is 164 g/mol. The predicted octanol–water partition coefficient (Wildman–Crippen LogP) is 0.316. The predicted molar refractivity (Wildman–Crippen MR) is 40.3 cm³/mol. The summed E-state index contributed by atoms with van der Waals surface area (Å²) >= 11 is 0. The van der Waals surface area contributed by atoms with Gasteiger partial charge in [0.25, 0.3) is 0 Å². The molecule has 0 saturated heterocycles. The Labute approximate surface area is 61.3 Å². The van der Waals surface area contributed by atoms with Crippen LogP contribution in [0.1, 0.15) is 13.8 Å². The van der Waals surface area contributed by atoms with E-state index in [2.05, 4.69) is 6.58 Å². The van der Waals surface area contributed by atoms with Gasteiger partial charge in [-0.25, -0.2) is 8.42 Å². The lowest BCUT2D eigenvalue weighted by Crippen LogP contribution is -2.20. The minimum absolute atomic E-state index is 0.134. The maximum Gasteiger partial charge on any atom is 0.180 e. The van der Waals surface area contributed by atoms with E-state index in [-0.39, 0.29) is 5.75 Å². The molecule has 0 aromatic rings. The first-order chi connectivity index (χ1) is 4.36. The van der Waals surface area contributed by atoms with E-state index in [9.17, 15) is 8.42 Å². The molecule has 4 heteroatoms. The summed E-state index contributed by atoms with van der Waals surface area (Å²) in [5.41, 5.74) is -0.745. The Hall–Kier alpha value is -0.350. The van der Waals surface area contributed by atoms with Crippen molar-refractivity contribution in [3.8, 4) is 0 Å². The molecule has 0 amide bonds. The van der Waals surface area contributed by atoms with E-state index in [1.54, 1.807) is 6.92 Å². The van der Waals surface area contributed by atoms with Crippen molar-refractivity contribution in [1.82, 2.24) is 0 Å². The van der Waals surface area contributed by atoms with E-state index in [4.69, 9.17) is 5.11 Å². The molecule has 1 atom stereocenters. The van der Waals surface area contributed by atoms with Gasteiger partial charge in [0, 0.05) is 0 Å². The quantitative estimate of drug-likeness (QED) is 0.611. The Morgan fingerprint density at radius 1 is 1.70 bits per heavy atom. The molecule has 0 spiro atoms. The van der Waals surface area contributed by atoms with E-state index in [0.717, 1.165) is 0 Å². The molecule has 0 aliphatic heterocycles. The lowest BCUT2D eigenvalue weighted by Gasteiger charge is -2.04. The second-order valence-electron chi connectivity index (χ2n) is 2.36. The zero-order valence-electron chi connectivity index (χ0n) is 6.16. The fourth-order valence-corrected chi connectivity index (χ4v) is 1.39. The van der Waals surface area contributed by atoms with Gasteiger partial charge in [-0.15, -0.1) is 0 Å². The molecule has 0 radical (unpaired) electrons. The van der Waals surface area contributed by atoms with Crippen LogP contribution in [-0.2, 0) is 9.84 Å². The van der Waals surface area contributed by atoms with Gasteiger partial charge in [0.15, 0.2) is 15.3 Å². The Bertz CT molecular complexity index is 213. The highest BCUT2D eigenvalue weighted by atomic mass is 32.2. The summed E-state index contributed by atoms with van der Waals surface area (Å²) in [4.78, 5) is 0. The van der Waals surface area contributed by atoms with Crippen LogP contribution in [0.25, 0.3) is 0 Å². The van der Waals surface area contributed by atoms with Crippen LogP contribution in [-0.4, -0.2) is 24.7 Å². The molecule has 0 aromatic heterocycles. The van der Waals surface area contributed by atoms with Crippen LogP contribution in [0.3, 0.4) is 0 Å². The summed E-state index contributed by atoms with van der Waals surface area (Å²) in [6.07, 6.45) is 0. The Balaban J connectivity index is 4.31.